The van der Waals surface area contributed by atoms with Crippen molar-refractivity contribution in [2.75, 3.05) is 14.2 Å². The molecule has 0 saturated carbocycles. The van der Waals surface area contributed by atoms with Gasteiger partial charge in [-0.05, 0) is 29.8 Å². The summed E-state index contributed by atoms with van der Waals surface area (Å²) in [6, 6.07) is 10.9. The fraction of sp³-hybridized carbons (Fsp3) is 0.188. The molecular weight excluding hydrogens is 259 g/mol. The van der Waals surface area contributed by atoms with E-state index in [2.05, 4.69) is 0 Å². The summed E-state index contributed by atoms with van der Waals surface area (Å²) in [5.41, 5.74) is 1.27. The highest BCUT2D eigenvalue weighted by Crippen LogP contribution is 2.23. The number of hydrogen-bond donors (Lipinski definition) is 0. The van der Waals surface area contributed by atoms with Crippen molar-refractivity contribution in [1.29, 1.82) is 0 Å². The smallest absolute Gasteiger partial charge is 0.167 e. The largest absolute Gasteiger partial charge is 0.497 e. The lowest BCUT2D eigenvalue weighted by Gasteiger charge is -2.08. The van der Waals surface area contributed by atoms with Crippen LogP contribution in [0.15, 0.2) is 42.5 Å². The van der Waals surface area contributed by atoms with Crippen LogP contribution in [0, 0.1) is 5.82 Å². The van der Waals surface area contributed by atoms with Gasteiger partial charge < -0.3 is 9.47 Å². The molecule has 0 aromatic heterocycles. The predicted molar refractivity (Wildman–Crippen MR) is 74.0 cm³/mol. The number of carbonyl (C=O) groups is 1. The standard InChI is InChI=1S/C16H15FO3/c1-19-14-8-12(9-15(10-14)20-2)16(18)7-11-3-5-13(17)6-4-11/h3-6,8-10H,7H2,1-2H3. The van der Waals surface area contributed by atoms with Crippen molar-refractivity contribution in [3.8, 4) is 11.5 Å². The molecule has 2 aromatic carbocycles. The van der Waals surface area contributed by atoms with Crippen LogP contribution in [-0.2, 0) is 6.42 Å². The van der Waals surface area contributed by atoms with Crippen LogP contribution in [0.3, 0.4) is 0 Å². The van der Waals surface area contributed by atoms with Gasteiger partial charge in [0.2, 0.25) is 0 Å². The minimum atomic E-state index is -0.316. The van der Waals surface area contributed by atoms with E-state index in [0.717, 1.165) is 5.56 Å². The van der Waals surface area contributed by atoms with E-state index in [1.165, 1.54) is 26.4 Å². The summed E-state index contributed by atoms with van der Waals surface area (Å²) in [6.07, 6.45) is 0.205. The molecule has 20 heavy (non-hydrogen) atoms. The average molecular weight is 274 g/mol. The topological polar surface area (TPSA) is 35.5 Å². The molecule has 4 heteroatoms. The number of rotatable bonds is 5. The highest BCUT2D eigenvalue weighted by molar-refractivity contribution is 5.98. The van der Waals surface area contributed by atoms with Crippen LogP contribution < -0.4 is 9.47 Å². The van der Waals surface area contributed by atoms with E-state index < -0.39 is 0 Å². The maximum absolute atomic E-state index is 12.8. The van der Waals surface area contributed by atoms with Gasteiger partial charge in [0, 0.05) is 18.1 Å². The van der Waals surface area contributed by atoms with Crippen molar-refractivity contribution in [2.24, 2.45) is 0 Å². The Morgan fingerprint density at radius 2 is 1.55 bits per heavy atom. The van der Waals surface area contributed by atoms with Crippen LogP contribution in [0.4, 0.5) is 4.39 Å². The van der Waals surface area contributed by atoms with Gasteiger partial charge in [0.15, 0.2) is 5.78 Å². The molecule has 0 bridgehead atoms. The first-order chi connectivity index (χ1) is 9.62. The molecule has 2 aromatic rings. The summed E-state index contributed by atoms with van der Waals surface area (Å²) in [5.74, 6) is 0.733. The van der Waals surface area contributed by atoms with Gasteiger partial charge in [0.25, 0.3) is 0 Å². The van der Waals surface area contributed by atoms with Gasteiger partial charge in [-0.25, -0.2) is 4.39 Å². The fourth-order valence-electron chi connectivity index (χ4n) is 1.86. The van der Waals surface area contributed by atoms with Crippen LogP contribution in [0.1, 0.15) is 15.9 Å². The second-order valence-corrected chi connectivity index (χ2v) is 4.33. The van der Waals surface area contributed by atoms with E-state index in [1.807, 2.05) is 0 Å². The van der Waals surface area contributed by atoms with Gasteiger partial charge in [-0.2, -0.15) is 0 Å². The summed E-state index contributed by atoms with van der Waals surface area (Å²) in [4.78, 5) is 12.2. The lowest BCUT2D eigenvalue weighted by atomic mass is 10.0. The molecule has 0 aliphatic carbocycles. The third-order valence-electron chi connectivity index (χ3n) is 2.95. The van der Waals surface area contributed by atoms with Gasteiger partial charge in [0.05, 0.1) is 14.2 Å². The zero-order valence-electron chi connectivity index (χ0n) is 11.4. The Morgan fingerprint density at radius 3 is 2.05 bits per heavy atom. The maximum Gasteiger partial charge on any atom is 0.167 e. The van der Waals surface area contributed by atoms with Crippen molar-refractivity contribution in [3.63, 3.8) is 0 Å². The van der Waals surface area contributed by atoms with Crippen LogP contribution in [0.25, 0.3) is 0 Å². The van der Waals surface area contributed by atoms with Gasteiger partial charge in [-0.1, -0.05) is 12.1 Å². The number of Topliss-reactive ketones (excluding diaryl/α,β-unsaturated/α-hetero) is 1. The van der Waals surface area contributed by atoms with Crippen molar-refractivity contribution in [2.45, 2.75) is 6.42 Å². The molecule has 0 radical (unpaired) electrons. The molecule has 0 spiro atoms. The number of benzene rings is 2. The molecule has 0 aliphatic heterocycles. The van der Waals surface area contributed by atoms with Crippen molar-refractivity contribution in [3.05, 3.63) is 59.4 Å². The molecular formula is C16H15FO3. The fourth-order valence-corrected chi connectivity index (χ4v) is 1.86. The lowest BCUT2D eigenvalue weighted by molar-refractivity contribution is 0.0992. The van der Waals surface area contributed by atoms with Crippen molar-refractivity contribution >= 4 is 5.78 Å². The minimum absolute atomic E-state index is 0.0752. The molecule has 0 heterocycles. The Labute approximate surface area is 117 Å². The van der Waals surface area contributed by atoms with Gasteiger partial charge >= 0.3 is 0 Å². The quantitative estimate of drug-likeness (QED) is 0.785. The van der Waals surface area contributed by atoms with E-state index in [4.69, 9.17) is 9.47 Å². The Bertz CT molecular complexity index is 583. The zero-order valence-corrected chi connectivity index (χ0v) is 11.4. The molecule has 3 nitrogen and oxygen atoms in total. The van der Waals surface area contributed by atoms with Gasteiger partial charge in [-0.15, -0.1) is 0 Å². The normalized spacial score (nSPS) is 10.2. The number of carbonyl (C=O) groups excluding carboxylic acids is 1. The van der Waals surface area contributed by atoms with E-state index >= 15 is 0 Å². The lowest BCUT2D eigenvalue weighted by Crippen LogP contribution is -2.04. The second-order valence-electron chi connectivity index (χ2n) is 4.33. The molecule has 0 atom stereocenters. The number of methoxy groups -OCH3 is 2. The number of ether oxygens (including phenoxy) is 2. The molecule has 104 valence electrons. The Kier molecular flexibility index (Phi) is 4.35. The van der Waals surface area contributed by atoms with E-state index in [9.17, 15) is 9.18 Å². The number of ketones is 1. The second kappa shape index (κ2) is 6.19. The predicted octanol–water partition coefficient (Wildman–Crippen LogP) is 3.27. The van der Waals surface area contributed by atoms with E-state index in [0.29, 0.717) is 17.1 Å². The van der Waals surface area contributed by atoms with Crippen LogP contribution >= 0.6 is 0 Å². The highest BCUT2D eigenvalue weighted by atomic mass is 19.1. The third-order valence-corrected chi connectivity index (χ3v) is 2.95. The van der Waals surface area contributed by atoms with Crippen LogP contribution in [0.2, 0.25) is 0 Å². The van der Waals surface area contributed by atoms with Gasteiger partial charge in [-0.3, -0.25) is 4.79 Å². The summed E-state index contributed by atoms with van der Waals surface area (Å²) in [5, 5.41) is 0. The molecule has 0 saturated heterocycles. The summed E-state index contributed by atoms with van der Waals surface area (Å²) in [6.45, 7) is 0. The van der Waals surface area contributed by atoms with Gasteiger partial charge in [0.1, 0.15) is 17.3 Å². The molecule has 0 aliphatic rings. The van der Waals surface area contributed by atoms with Crippen molar-refractivity contribution in [1.82, 2.24) is 0 Å². The maximum atomic E-state index is 12.8. The Hall–Kier alpha value is -2.36. The summed E-state index contributed by atoms with van der Waals surface area (Å²) >= 11 is 0. The molecule has 0 unspecified atom stereocenters. The third kappa shape index (κ3) is 3.35. The van der Waals surface area contributed by atoms with Crippen LogP contribution in [-0.4, -0.2) is 20.0 Å². The molecule has 0 fully saturated rings. The first-order valence-electron chi connectivity index (χ1n) is 6.13. The first-order valence-corrected chi connectivity index (χ1v) is 6.13. The number of hydrogen-bond acceptors (Lipinski definition) is 3. The van der Waals surface area contributed by atoms with Crippen molar-refractivity contribution < 1.29 is 18.7 Å². The SMILES string of the molecule is COc1cc(OC)cc(C(=O)Cc2ccc(F)cc2)c1. The average Bonchev–Trinajstić information content (AvgIpc) is 2.48. The molecule has 2 rings (SSSR count). The number of halogens is 1. The Balaban J connectivity index is 2.22. The van der Waals surface area contributed by atoms with E-state index in [1.54, 1.807) is 30.3 Å². The van der Waals surface area contributed by atoms with Crippen LogP contribution in [0.5, 0.6) is 11.5 Å². The molecule has 0 N–H and O–H groups in total. The summed E-state index contributed by atoms with van der Waals surface area (Å²) in [7, 11) is 3.06. The monoisotopic (exact) mass is 274 g/mol. The summed E-state index contributed by atoms with van der Waals surface area (Å²) < 4.78 is 23.1. The minimum Gasteiger partial charge on any atom is -0.497 e. The molecule has 0 amide bonds. The first kappa shape index (κ1) is 14.1. The Morgan fingerprint density at radius 1 is 1.00 bits per heavy atom. The highest BCUT2D eigenvalue weighted by Gasteiger charge is 2.11. The van der Waals surface area contributed by atoms with E-state index in [-0.39, 0.29) is 18.0 Å². The zero-order chi connectivity index (χ0) is 14.5.